The number of nitrogens with one attached hydrogen (secondary N) is 1. The number of carboxylic acids is 1. The zero-order valence-corrected chi connectivity index (χ0v) is 12.3. The van der Waals surface area contributed by atoms with Crippen LogP contribution in [-0.2, 0) is 14.3 Å². The highest BCUT2D eigenvalue weighted by Crippen LogP contribution is 2.36. The van der Waals surface area contributed by atoms with E-state index in [0.717, 1.165) is 19.4 Å². The molecule has 1 aliphatic heterocycles. The summed E-state index contributed by atoms with van der Waals surface area (Å²) >= 11 is 0. The fraction of sp³-hybridized carbons (Fsp3) is 0.867. The highest BCUT2D eigenvalue weighted by molar-refractivity contribution is 5.85. The molecule has 1 saturated carbocycles. The van der Waals surface area contributed by atoms with Gasteiger partial charge in [-0.1, -0.05) is 13.8 Å². The lowest BCUT2D eigenvalue weighted by Crippen LogP contribution is -2.39. The third-order valence-corrected chi connectivity index (χ3v) is 4.74. The van der Waals surface area contributed by atoms with Crippen LogP contribution in [0.4, 0.5) is 0 Å². The molecule has 0 aromatic rings. The number of carbonyl (C=O) groups excluding carboxylic acids is 1. The summed E-state index contributed by atoms with van der Waals surface area (Å²) in [6.07, 6.45) is 3.45. The van der Waals surface area contributed by atoms with Gasteiger partial charge in [-0.3, -0.25) is 9.59 Å². The van der Waals surface area contributed by atoms with E-state index < -0.39 is 11.9 Å². The number of carboxylic acid groups (broad SMARTS) is 1. The predicted molar refractivity (Wildman–Crippen MR) is 74.2 cm³/mol. The van der Waals surface area contributed by atoms with Crippen LogP contribution in [0.2, 0.25) is 0 Å². The molecule has 1 heterocycles. The van der Waals surface area contributed by atoms with Gasteiger partial charge in [-0.15, -0.1) is 0 Å². The molecule has 2 fully saturated rings. The Kier molecular flexibility index (Phi) is 5.02. The van der Waals surface area contributed by atoms with Gasteiger partial charge in [-0.25, -0.2) is 0 Å². The fourth-order valence-corrected chi connectivity index (χ4v) is 3.59. The van der Waals surface area contributed by atoms with Crippen LogP contribution in [0.25, 0.3) is 0 Å². The van der Waals surface area contributed by atoms with Gasteiger partial charge in [-0.05, 0) is 31.6 Å². The molecule has 20 heavy (non-hydrogen) atoms. The normalized spacial score (nSPS) is 37.0. The molecular formula is C15H25NO4. The first-order chi connectivity index (χ1) is 9.52. The maximum Gasteiger partial charge on any atom is 0.307 e. The molecule has 1 saturated heterocycles. The topological polar surface area (TPSA) is 75.6 Å². The van der Waals surface area contributed by atoms with E-state index in [1.807, 2.05) is 6.92 Å². The Labute approximate surface area is 120 Å². The Bertz CT molecular complexity index is 371. The Balaban J connectivity index is 1.86. The van der Waals surface area contributed by atoms with E-state index >= 15 is 0 Å². The monoisotopic (exact) mass is 283 g/mol. The van der Waals surface area contributed by atoms with Crippen molar-refractivity contribution in [3.05, 3.63) is 0 Å². The molecule has 0 aromatic carbocycles. The molecule has 2 rings (SSSR count). The smallest absolute Gasteiger partial charge is 0.307 e. The van der Waals surface area contributed by atoms with Crippen LogP contribution < -0.4 is 5.32 Å². The van der Waals surface area contributed by atoms with E-state index in [0.29, 0.717) is 31.2 Å². The molecule has 0 aromatic heterocycles. The van der Waals surface area contributed by atoms with E-state index in [2.05, 4.69) is 12.2 Å². The largest absolute Gasteiger partial charge is 0.481 e. The van der Waals surface area contributed by atoms with Crippen LogP contribution in [0.5, 0.6) is 0 Å². The molecular weight excluding hydrogens is 258 g/mol. The molecule has 0 spiro atoms. The number of carbonyl (C=O) groups is 2. The van der Waals surface area contributed by atoms with E-state index in [4.69, 9.17) is 4.74 Å². The molecule has 0 bridgehead atoms. The van der Waals surface area contributed by atoms with Gasteiger partial charge < -0.3 is 15.2 Å². The molecule has 5 nitrogen and oxygen atoms in total. The molecule has 2 N–H and O–H groups in total. The second-order valence-electron chi connectivity index (χ2n) is 6.24. The van der Waals surface area contributed by atoms with Crippen molar-refractivity contribution in [1.82, 2.24) is 5.32 Å². The maximum atomic E-state index is 12.2. The second kappa shape index (κ2) is 6.57. The molecule has 5 heteroatoms. The Morgan fingerprint density at radius 3 is 2.65 bits per heavy atom. The van der Waals surface area contributed by atoms with Crippen LogP contribution in [0.1, 0.15) is 39.5 Å². The lowest BCUT2D eigenvalue weighted by atomic mass is 9.94. The Morgan fingerprint density at radius 2 is 2.00 bits per heavy atom. The van der Waals surface area contributed by atoms with Gasteiger partial charge >= 0.3 is 5.97 Å². The van der Waals surface area contributed by atoms with E-state index in [9.17, 15) is 14.7 Å². The summed E-state index contributed by atoms with van der Waals surface area (Å²) in [5, 5.41) is 12.2. The third kappa shape index (κ3) is 3.32. The highest BCUT2D eigenvalue weighted by Gasteiger charge is 2.41. The van der Waals surface area contributed by atoms with Crippen molar-refractivity contribution in [3.8, 4) is 0 Å². The highest BCUT2D eigenvalue weighted by atomic mass is 16.5. The average molecular weight is 283 g/mol. The quantitative estimate of drug-likeness (QED) is 0.804. The van der Waals surface area contributed by atoms with Gasteiger partial charge in [0, 0.05) is 19.1 Å². The summed E-state index contributed by atoms with van der Waals surface area (Å²) < 4.78 is 5.60. The van der Waals surface area contributed by atoms with Crippen molar-refractivity contribution in [2.45, 2.75) is 45.6 Å². The Morgan fingerprint density at radius 1 is 1.30 bits per heavy atom. The van der Waals surface area contributed by atoms with Gasteiger partial charge in [-0.2, -0.15) is 0 Å². The van der Waals surface area contributed by atoms with Crippen LogP contribution >= 0.6 is 0 Å². The summed E-state index contributed by atoms with van der Waals surface area (Å²) in [7, 11) is 0. The molecule has 114 valence electrons. The molecule has 1 aliphatic carbocycles. The molecule has 1 amide bonds. The second-order valence-corrected chi connectivity index (χ2v) is 6.24. The van der Waals surface area contributed by atoms with Gasteiger partial charge in [0.1, 0.15) is 0 Å². The van der Waals surface area contributed by atoms with E-state index in [1.165, 1.54) is 0 Å². The van der Waals surface area contributed by atoms with Crippen molar-refractivity contribution in [3.63, 3.8) is 0 Å². The van der Waals surface area contributed by atoms with Crippen LogP contribution in [0, 0.1) is 23.7 Å². The SMILES string of the molecule is CCC1OCCC1CNC(=O)C1CC(C)CC1C(=O)O. The van der Waals surface area contributed by atoms with Gasteiger partial charge in [0.2, 0.25) is 5.91 Å². The number of amides is 1. The molecule has 5 atom stereocenters. The number of hydrogen-bond donors (Lipinski definition) is 2. The molecule has 2 aliphatic rings. The van der Waals surface area contributed by atoms with Crippen LogP contribution in [0.3, 0.4) is 0 Å². The van der Waals surface area contributed by atoms with Crippen molar-refractivity contribution >= 4 is 11.9 Å². The van der Waals surface area contributed by atoms with E-state index in [1.54, 1.807) is 0 Å². The minimum Gasteiger partial charge on any atom is -0.481 e. The van der Waals surface area contributed by atoms with Gasteiger partial charge in [0.25, 0.3) is 0 Å². The fourth-order valence-electron chi connectivity index (χ4n) is 3.59. The first-order valence-electron chi connectivity index (χ1n) is 7.65. The standard InChI is InChI=1S/C15H25NO4/c1-3-13-10(4-5-20-13)8-16-14(17)11-6-9(2)7-12(11)15(18)19/h9-13H,3-8H2,1-2H3,(H,16,17)(H,18,19). The average Bonchev–Trinajstić information content (AvgIpc) is 3.01. The van der Waals surface area contributed by atoms with Gasteiger partial charge in [0.05, 0.1) is 17.9 Å². The Hall–Kier alpha value is -1.10. The predicted octanol–water partition coefficient (Wildman–Crippen LogP) is 1.66. The number of rotatable bonds is 5. The van der Waals surface area contributed by atoms with Crippen LogP contribution in [-0.4, -0.2) is 36.2 Å². The number of ether oxygens (including phenoxy) is 1. The number of aliphatic carboxylic acids is 1. The van der Waals surface area contributed by atoms with Crippen LogP contribution in [0.15, 0.2) is 0 Å². The third-order valence-electron chi connectivity index (χ3n) is 4.74. The van der Waals surface area contributed by atoms with E-state index in [-0.39, 0.29) is 17.9 Å². The maximum absolute atomic E-state index is 12.2. The first-order valence-corrected chi connectivity index (χ1v) is 7.65. The summed E-state index contributed by atoms with van der Waals surface area (Å²) in [4.78, 5) is 23.5. The van der Waals surface area contributed by atoms with Crippen molar-refractivity contribution in [2.24, 2.45) is 23.7 Å². The first kappa shape index (κ1) is 15.3. The molecule has 0 radical (unpaired) electrons. The summed E-state index contributed by atoms with van der Waals surface area (Å²) in [6, 6.07) is 0. The number of hydrogen-bond acceptors (Lipinski definition) is 3. The lowest BCUT2D eigenvalue weighted by Gasteiger charge is -2.20. The zero-order chi connectivity index (χ0) is 14.7. The van der Waals surface area contributed by atoms with Crippen molar-refractivity contribution in [1.29, 1.82) is 0 Å². The lowest BCUT2D eigenvalue weighted by molar-refractivity contribution is -0.146. The minimum absolute atomic E-state index is 0.0940. The zero-order valence-electron chi connectivity index (χ0n) is 12.3. The van der Waals surface area contributed by atoms with Gasteiger partial charge in [0.15, 0.2) is 0 Å². The van der Waals surface area contributed by atoms with Crippen molar-refractivity contribution in [2.75, 3.05) is 13.2 Å². The summed E-state index contributed by atoms with van der Waals surface area (Å²) in [6.45, 7) is 5.47. The van der Waals surface area contributed by atoms with Crippen molar-refractivity contribution < 1.29 is 19.4 Å². The minimum atomic E-state index is -0.842. The molecule has 5 unspecified atom stereocenters. The summed E-state index contributed by atoms with van der Waals surface area (Å²) in [5.74, 6) is -1.15. The summed E-state index contributed by atoms with van der Waals surface area (Å²) in [5.41, 5.74) is 0.